The van der Waals surface area contributed by atoms with Crippen molar-refractivity contribution in [1.82, 2.24) is 20.1 Å². The Morgan fingerprint density at radius 2 is 1.91 bits per heavy atom. The second-order valence-corrected chi connectivity index (χ2v) is 9.97. The van der Waals surface area contributed by atoms with Crippen molar-refractivity contribution in [3.8, 4) is 0 Å². The van der Waals surface area contributed by atoms with Crippen LogP contribution < -0.4 is 5.32 Å². The lowest BCUT2D eigenvalue weighted by atomic mass is 9.75. The van der Waals surface area contributed by atoms with Crippen molar-refractivity contribution in [3.63, 3.8) is 0 Å². The molecule has 0 aliphatic carbocycles. The third-order valence-electron chi connectivity index (χ3n) is 7.17. The molecule has 0 spiro atoms. The zero-order valence-corrected chi connectivity index (χ0v) is 20.1. The molecular formula is C24H29F3N4O2S. The SMILES string of the molecule is CC[C@@]1(C2CCN(Cc3ccccc3C(F)(F)F)CC2)NC(=O)N(CCc2scnc2C)C1=O. The van der Waals surface area contributed by atoms with Crippen molar-refractivity contribution in [2.24, 2.45) is 5.92 Å². The topological polar surface area (TPSA) is 65.5 Å². The average Bonchev–Trinajstić information content (AvgIpc) is 3.32. The Bertz CT molecular complexity index is 1050. The number of hydrogen-bond donors (Lipinski definition) is 1. The fourth-order valence-electron chi connectivity index (χ4n) is 5.19. The van der Waals surface area contributed by atoms with Crippen LogP contribution in [0, 0.1) is 12.8 Å². The summed E-state index contributed by atoms with van der Waals surface area (Å²) in [4.78, 5) is 34.8. The van der Waals surface area contributed by atoms with Gasteiger partial charge in [0.2, 0.25) is 0 Å². The number of amides is 3. The lowest BCUT2D eigenvalue weighted by molar-refractivity contribution is -0.138. The fraction of sp³-hybridized carbons (Fsp3) is 0.542. The molecule has 10 heteroatoms. The number of halogens is 3. The van der Waals surface area contributed by atoms with E-state index in [1.165, 1.54) is 28.4 Å². The van der Waals surface area contributed by atoms with E-state index in [9.17, 15) is 22.8 Å². The summed E-state index contributed by atoms with van der Waals surface area (Å²) in [6.07, 6.45) is -2.06. The van der Waals surface area contributed by atoms with Gasteiger partial charge in [0, 0.05) is 24.4 Å². The summed E-state index contributed by atoms with van der Waals surface area (Å²) in [6, 6.07) is 5.30. The molecule has 4 rings (SSSR count). The fourth-order valence-corrected chi connectivity index (χ4v) is 5.96. The minimum absolute atomic E-state index is 0.0572. The number of aryl methyl sites for hydroxylation is 1. The maximum Gasteiger partial charge on any atom is 0.416 e. The third-order valence-corrected chi connectivity index (χ3v) is 8.16. The average molecular weight is 495 g/mol. The number of imide groups is 1. The Morgan fingerprint density at radius 3 is 2.53 bits per heavy atom. The number of nitrogens with zero attached hydrogens (tertiary/aromatic N) is 3. The number of aromatic nitrogens is 1. The van der Waals surface area contributed by atoms with Gasteiger partial charge in [-0.05, 0) is 56.8 Å². The summed E-state index contributed by atoms with van der Waals surface area (Å²) in [6.45, 7) is 5.48. The standard InChI is InChI=1S/C24H29F3N4O2S/c1-3-23(21(32)31(22(33)29-23)13-10-20-16(2)28-15-34-20)18-8-11-30(12-9-18)14-17-6-4-5-7-19(17)24(25,26)27/h4-7,15,18H,3,8-14H2,1-2H3,(H,29,33)/t23-/m0/s1. The molecule has 2 aromatic rings. The van der Waals surface area contributed by atoms with Crippen LogP contribution in [0.1, 0.15) is 47.9 Å². The molecule has 3 heterocycles. The molecule has 1 N–H and O–H groups in total. The number of alkyl halides is 3. The molecule has 2 fully saturated rings. The molecule has 2 aliphatic rings. The first-order valence-electron chi connectivity index (χ1n) is 11.6. The third kappa shape index (κ3) is 4.70. The summed E-state index contributed by atoms with van der Waals surface area (Å²) >= 11 is 1.52. The number of thiazole rings is 1. The predicted molar refractivity (Wildman–Crippen MR) is 123 cm³/mol. The quantitative estimate of drug-likeness (QED) is 0.571. The van der Waals surface area contributed by atoms with Crippen LogP contribution in [0.15, 0.2) is 29.8 Å². The first-order valence-corrected chi connectivity index (χ1v) is 12.4. The molecule has 2 saturated heterocycles. The monoisotopic (exact) mass is 494 g/mol. The molecule has 184 valence electrons. The largest absolute Gasteiger partial charge is 0.416 e. The van der Waals surface area contributed by atoms with Crippen molar-refractivity contribution >= 4 is 23.3 Å². The molecule has 34 heavy (non-hydrogen) atoms. The van der Waals surface area contributed by atoms with Crippen LogP contribution in [0.3, 0.4) is 0 Å². The van der Waals surface area contributed by atoms with E-state index in [0.29, 0.717) is 45.3 Å². The van der Waals surface area contributed by atoms with Crippen molar-refractivity contribution in [3.05, 3.63) is 51.5 Å². The van der Waals surface area contributed by atoms with E-state index in [1.54, 1.807) is 11.6 Å². The molecule has 0 saturated carbocycles. The zero-order chi connectivity index (χ0) is 24.5. The summed E-state index contributed by atoms with van der Waals surface area (Å²) in [5.41, 5.74) is 1.38. The van der Waals surface area contributed by atoms with Crippen molar-refractivity contribution in [1.29, 1.82) is 0 Å². The second kappa shape index (κ2) is 9.65. The Balaban J connectivity index is 1.40. The maximum atomic E-state index is 13.4. The van der Waals surface area contributed by atoms with Gasteiger partial charge in [0.05, 0.1) is 16.8 Å². The van der Waals surface area contributed by atoms with E-state index in [4.69, 9.17) is 0 Å². The van der Waals surface area contributed by atoms with E-state index < -0.39 is 17.3 Å². The second-order valence-electron chi connectivity index (χ2n) is 9.03. The van der Waals surface area contributed by atoms with Crippen LogP contribution in [0.4, 0.5) is 18.0 Å². The molecule has 1 aromatic carbocycles. The van der Waals surface area contributed by atoms with Gasteiger partial charge in [-0.25, -0.2) is 9.78 Å². The number of hydrogen-bond acceptors (Lipinski definition) is 5. The molecule has 1 aromatic heterocycles. The number of carbonyl (C=O) groups is 2. The highest BCUT2D eigenvalue weighted by atomic mass is 32.1. The molecule has 6 nitrogen and oxygen atoms in total. The van der Waals surface area contributed by atoms with E-state index >= 15 is 0 Å². The van der Waals surface area contributed by atoms with E-state index in [2.05, 4.69) is 10.3 Å². The summed E-state index contributed by atoms with van der Waals surface area (Å²) in [5.74, 6) is -0.249. The van der Waals surface area contributed by atoms with E-state index in [-0.39, 0.29) is 30.0 Å². The Morgan fingerprint density at radius 1 is 1.21 bits per heavy atom. The van der Waals surface area contributed by atoms with Crippen molar-refractivity contribution in [2.75, 3.05) is 19.6 Å². The van der Waals surface area contributed by atoms with Crippen LogP contribution in [0.2, 0.25) is 0 Å². The van der Waals surface area contributed by atoms with Crippen LogP contribution >= 0.6 is 11.3 Å². The minimum atomic E-state index is -4.39. The van der Waals surface area contributed by atoms with Gasteiger partial charge in [-0.1, -0.05) is 25.1 Å². The Labute approximate surface area is 201 Å². The van der Waals surface area contributed by atoms with Gasteiger partial charge in [-0.2, -0.15) is 13.2 Å². The summed E-state index contributed by atoms with van der Waals surface area (Å²) < 4.78 is 40.1. The first kappa shape index (κ1) is 24.7. The summed E-state index contributed by atoms with van der Waals surface area (Å²) in [7, 11) is 0. The van der Waals surface area contributed by atoms with Gasteiger partial charge < -0.3 is 5.32 Å². The van der Waals surface area contributed by atoms with Gasteiger partial charge in [0.25, 0.3) is 5.91 Å². The Hall–Kier alpha value is -2.46. The van der Waals surface area contributed by atoms with E-state index in [1.807, 2.05) is 18.7 Å². The van der Waals surface area contributed by atoms with Gasteiger partial charge in [0.1, 0.15) is 5.54 Å². The van der Waals surface area contributed by atoms with Crippen LogP contribution in [0.5, 0.6) is 0 Å². The number of piperidine rings is 1. The summed E-state index contributed by atoms with van der Waals surface area (Å²) in [5, 5.41) is 2.98. The van der Waals surface area contributed by atoms with Gasteiger partial charge in [0.15, 0.2) is 0 Å². The van der Waals surface area contributed by atoms with Gasteiger partial charge in [-0.15, -0.1) is 11.3 Å². The Kier molecular flexibility index (Phi) is 7.00. The highest BCUT2D eigenvalue weighted by Crippen LogP contribution is 2.37. The van der Waals surface area contributed by atoms with Crippen molar-refractivity contribution < 1.29 is 22.8 Å². The molecule has 3 amide bonds. The number of rotatable bonds is 7. The molecule has 1 atom stereocenters. The molecule has 0 bridgehead atoms. The number of urea groups is 1. The van der Waals surface area contributed by atoms with Crippen LogP contribution in [-0.4, -0.2) is 51.9 Å². The maximum absolute atomic E-state index is 13.4. The highest BCUT2D eigenvalue weighted by Gasteiger charge is 2.54. The smallest absolute Gasteiger partial charge is 0.323 e. The van der Waals surface area contributed by atoms with Crippen LogP contribution in [0.25, 0.3) is 0 Å². The number of nitrogens with one attached hydrogen (secondary N) is 1. The molecule has 0 radical (unpaired) electrons. The van der Waals surface area contributed by atoms with Crippen molar-refractivity contribution in [2.45, 2.75) is 57.8 Å². The first-order chi connectivity index (χ1) is 16.2. The number of likely N-dealkylation sites (tertiary alicyclic amines) is 1. The molecular weight excluding hydrogens is 465 g/mol. The van der Waals surface area contributed by atoms with Gasteiger partial charge in [-0.3, -0.25) is 14.6 Å². The minimum Gasteiger partial charge on any atom is -0.323 e. The lowest BCUT2D eigenvalue weighted by Crippen LogP contribution is -2.55. The zero-order valence-electron chi connectivity index (χ0n) is 19.3. The van der Waals surface area contributed by atoms with Crippen LogP contribution in [-0.2, 0) is 23.9 Å². The highest BCUT2D eigenvalue weighted by molar-refractivity contribution is 7.09. The molecule has 0 unspecified atom stereocenters. The molecule has 2 aliphatic heterocycles. The lowest BCUT2D eigenvalue weighted by Gasteiger charge is -2.40. The van der Waals surface area contributed by atoms with E-state index in [0.717, 1.165) is 16.6 Å². The normalized spacial score (nSPS) is 22.4. The van der Waals surface area contributed by atoms with Gasteiger partial charge >= 0.3 is 12.2 Å². The predicted octanol–water partition coefficient (Wildman–Crippen LogP) is 4.63. The number of carbonyl (C=O) groups excluding carboxylic acids is 2. The number of benzene rings is 1.